The van der Waals surface area contributed by atoms with Crippen molar-refractivity contribution >= 4 is 38.5 Å². The molecule has 0 aliphatic carbocycles. The van der Waals surface area contributed by atoms with E-state index in [1.807, 2.05) is 0 Å². The molecule has 0 atom stereocenters. The second-order valence-corrected chi connectivity index (χ2v) is 4.00. The van der Waals surface area contributed by atoms with E-state index in [2.05, 4.69) is 20.9 Å². The van der Waals surface area contributed by atoms with Crippen LogP contribution in [-0.2, 0) is 0 Å². The second-order valence-electron chi connectivity index (χ2n) is 2.10. The standard InChI is InChI=1S/C7H2BrF2IN2/c8-5-3(2-12)1-4(11)13-6(5)7(9)10/h1,7H. The minimum absolute atomic E-state index is 0.0745. The predicted octanol–water partition coefficient (Wildman–Crippen LogP) is 3.26. The van der Waals surface area contributed by atoms with Crippen molar-refractivity contribution < 1.29 is 8.78 Å². The molecule has 0 N–H and O–H groups in total. The van der Waals surface area contributed by atoms with E-state index in [1.165, 1.54) is 6.07 Å². The molecule has 0 fully saturated rings. The van der Waals surface area contributed by atoms with Crippen molar-refractivity contribution in [1.82, 2.24) is 4.98 Å². The summed E-state index contributed by atoms with van der Waals surface area (Å²) in [5.41, 5.74) is -0.210. The Balaban J connectivity index is 3.38. The molecule has 0 saturated carbocycles. The molecule has 0 aliphatic rings. The number of nitriles is 1. The maximum absolute atomic E-state index is 12.3. The zero-order chi connectivity index (χ0) is 10.0. The molecule has 1 aromatic heterocycles. The van der Waals surface area contributed by atoms with Crippen LogP contribution in [0.25, 0.3) is 0 Å². The van der Waals surface area contributed by atoms with Gasteiger partial charge in [0, 0.05) is 0 Å². The molecule has 1 aromatic rings. The zero-order valence-electron chi connectivity index (χ0n) is 6.06. The molecule has 0 bridgehead atoms. The lowest BCUT2D eigenvalue weighted by molar-refractivity contribution is 0.145. The predicted molar refractivity (Wildman–Crippen MR) is 54.3 cm³/mol. The van der Waals surface area contributed by atoms with Gasteiger partial charge in [-0.15, -0.1) is 0 Å². The molecule has 6 heteroatoms. The Morgan fingerprint density at radius 1 is 1.62 bits per heavy atom. The van der Waals surface area contributed by atoms with Crippen molar-refractivity contribution in [2.24, 2.45) is 0 Å². The van der Waals surface area contributed by atoms with Gasteiger partial charge in [0.2, 0.25) is 0 Å². The zero-order valence-corrected chi connectivity index (χ0v) is 9.80. The Bertz CT molecular complexity index is 375. The lowest BCUT2D eigenvalue weighted by atomic mass is 10.2. The molecule has 0 radical (unpaired) electrons. The van der Waals surface area contributed by atoms with E-state index in [0.29, 0.717) is 3.70 Å². The third kappa shape index (κ3) is 2.34. The molecule has 0 unspecified atom stereocenters. The number of aromatic nitrogens is 1. The summed E-state index contributed by atoms with van der Waals surface area (Å²) in [7, 11) is 0. The molecule has 0 aromatic carbocycles. The smallest absolute Gasteiger partial charge is 0.240 e. The topological polar surface area (TPSA) is 36.7 Å². The van der Waals surface area contributed by atoms with Crippen molar-refractivity contribution in [2.75, 3.05) is 0 Å². The summed E-state index contributed by atoms with van der Waals surface area (Å²) >= 11 is 4.70. The molecule has 0 saturated heterocycles. The highest BCUT2D eigenvalue weighted by Gasteiger charge is 2.17. The van der Waals surface area contributed by atoms with Crippen molar-refractivity contribution in [3.05, 3.63) is 25.5 Å². The average molecular weight is 359 g/mol. The molecule has 0 amide bonds. The first-order valence-electron chi connectivity index (χ1n) is 3.10. The minimum atomic E-state index is -2.67. The van der Waals surface area contributed by atoms with Gasteiger partial charge in [-0.2, -0.15) is 5.26 Å². The van der Waals surface area contributed by atoms with Gasteiger partial charge in [-0.25, -0.2) is 13.8 Å². The van der Waals surface area contributed by atoms with Crippen LogP contribution in [0, 0.1) is 15.0 Å². The van der Waals surface area contributed by atoms with Gasteiger partial charge in [-0.3, -0.25) is 0 Å². The minimum Gasteiger partial charge on any atom is -0.240 e. The van der Waals surface area contributed by atoms with E-state index in [0.717, 1.165) is 0 Å². The second kappa shape index (κ2) is 4.28. The summed E-state index contributed by atoms with van der Waals surface area (Å²) in [6.45, 7) is 0. The van der Waals surface area contributed by atoms with Crippen LogP contribution in [0.15, 0.2) is 10.5 Å². The third-order valence-electron chi connectivity index (χ3n) is 1.28. The molecule has 68 valence electrons. The molecule has 1 rings (SSSR count). The van der Waals surface area contributed by atoms with Gasteiger partial charge in [-0.1, -0.05) is 0 Å². The summed E-state index contributed by atoms with van der Waals surface area (Å²) in [4.78, 5) is 3.62. The van der Waals surface area contributed by atoms with Gasteiger partial charge < -0.3 is 0 Å². The van der Waals surface area contributed by atoms with E-state index in [-0.39, 0.29) is 15.7 Å². The van der Waals surface area contributed by atoms with Gasteiger partial charge >= 0.3 is 0 Å². The van der Waals surface area contributed by atoms with E-state index in [1.54, 1.807) is 28.7 Å². The number of hydrogen-bond acceptors (Lipinski definition) is 2. The molecule has 1 heterocycles. The monoisotopic (exact) mass is 358 g/mol. The fourth-order valence-corrected chi connectivity index (χ4v) is 1.78. The number of alkyl halides is 2. The van der Waals surface area contributed by atoms with Crippen LogP contribution in [0.4, 0.5) is 8.78 Å². The first-order chi connectivity index (χ1) is 6.06. The highest BCUT2D eigenvalue weighted by Crippen LogP contribution is 2.28. The summed E-state index contributed by atoms with van der Waals surface area (Å²) < 4.78 is 25.1. The number of pyridine rings is 1. The summed E-state index contributed by atoms with van der Waals surface area (Å²) in [6.07, 6.45) is -2.67. The average Bonchev–Trinajstić information content (AvgIpc) is 2.08. The Morgan fingerprint density at radius 2 is 2.23 bits per heavy atom. The number of halogens is 4. The van der Waals surface area contributed by atoms with Crippen molar-refractivity contribution in [1.29, 1.82) is 5.26 Å². The van der Waals surface area contributed by atoms with Gasteiger partial charge in [0.05, 0.1) is 10.0 Å². The van der Waals surface area contributed by atoms with E-state index >= 15 is 0 Å². The lowest BCUT2D eigenvalue weighted by Gasteiger charge is -2.03. The van der Waals surface area contributed by atoms with Crippen LogP contribution >= 0.6 is 38.5 Å². The SMILES string of the molecule is N#Cc1cc(I)nc(C(F)F)c1Br. The van der Waals surface area contributed by atoms with E-state index in [9.17, 15) is 8.78 Å². The Labute approximate surface area is 95.2 Å². The Hall–Kier alpha value is -0.290. The number of nitrogens with zero attached hydrogens (tertiary/aromatic N) is 2. The normalized spacial score (nSPS) is 10.2. The van der Waals surface area contributed by atoms with Crippen molar-refractivity contribution in [3.63, 3.8) is 0 Å². The first kappa shape index (κ1) is 10.8. The third-order valence-corrected chi connectivity index (χ3v) is 2.67. The first-order valence-corrected chi connectivity index (χ1v) is 4.97. The molecule has 0 spiro atoms. The van der Waals surface area contributed by atoms with Crippen LogP contribution < -0.4 is 0 Å². The molecule has 2 nitrogen and oxygen atoms in total. The number of rotatable bonds is 1. The Kier molecular flexibility index (Phi) is 3.55. The van der Waals surface area contributed by atoms with E-state index < -0.39 is 6.43 Å². The number of hydrogen-bond donors (Lipinski definition) is 0. The Morgan fingerprint density at radius 3 is 2.69 bits per heavy atom. The molecular formula is C7H2BrF2IN2. The molecule has 0 aliphatic heterocycles. The molecule has 13 heavy (non-hydrogen) atoms. The summed E-state index contributed by atoms with van der Waals surface area (Å²) in [5, 5.41) is 8.59. The fourth-order valence-electron chi connectivity index (χ4n) is 0.743. The van der Waals surface area contributed by atoms with Crippen LogP contribution in [0.1, 0.15) is 17.7 Å². The molecular weight excluding hydrogens is 357 g/mol. The lowest BCUT2D eigenvalue weighted by Crippen LogP contribution is -1.97. The van der Waals surface area contributed by atoms with Gasteiger partial charge in [-0.05, 0) is 44.6 Å². The quantitative estimate of drug-likeness (QED) is 0.570. The van der Waals surface area contributed by atoms with Gasteiger partial charge in [0.1, 0.15) is 15.5 Å². The maximum atomic E-state index is 12.3. The van der Waals surface area contributed by atoms with Crippen molar-refractivity contribution in [2.45, 2.75) is 6.43 Å². The van der Waals surface area contributed by atoms with Crippen LogP contribution in [0.3, 0.4) is 0 Å². The van der Waals surface area contributed by atoms with E-state index in [4.69, 9.17) is 5.26 Å². The van der Waals surface area contributed by atoms with Gasteiger partial charge in [0.15, 0.2) is 0 Å². The van der Waals surface area contributed by atoms with Crippen LogP contribution in [0.5, 0.6) is 0 Å². The highest BCUT2D eigenvalue weighted by atomic mass is 127. The highest BCUT2D eigenvalue weighted by molar-refractivity contribution is 14.1. The maximum Gasteiger partial charge on any atom is 0.281 e. The summed E-state index contributed by atoms with van der Waals surface area (Å²) in [5.74, 6) is 0. The van der Waals surface area contributed by atoms with Gasteiger partial charge in [0.25, 0.3) is 6.43 Å². The van der Waals surface area contributed by atoms with Crippen LogP contribution in [0.2, 0.25) is 0 Å². The van der Waals surface area contributed by atoms with Crippen LogP contribution in [-0.4, -0.2) is 4.98 Å². The van der Waals surface area contributed by atoms with Crippen molar-refractivity contribution in [3.8, 4) is 6.07 Å². The fraction of sp³-hybridized carbons (Fsp3) is 0.143. The largest absolute Gasteiger partial charge is 0.281 e. The summed E-state index contributed by atoms with van der Waals surface area (Å²) in [6, 6.07) is 3.25.